The fourth-order valence-corrected chi connectivity index (χ4v) is 5.23. The highest BCUT2D eigenvalue weighted by Gasteiger charge is 2.30. The Morgan fingerprint density at radius 1 is 1.06 bits per heavy atom. The smallest absolute Gasteiger partial charge is 0.251 e. The van der Waals surface area contributed by atoms with E-state index < -0.39 is 10.0 Å². The lowest BCUT2D eigenvalue weighted by Crippen LogP contribution is -2.48. The molecule has 3 rings (SSSR count). The quantitative estimate of drug-likeness (QED) is 0.636. The molecule has 1 N–H and O–H groups in total. The first-order valence-electron chi connectivity index (χ1n) is 10.1. The van der Waals surface area contributed by atoms with Gasteiger partial charge >= 0.3 is 0 Å². The van der Waals surface area contributed by atoms with Gasteiger partial charge < -0.3 is 15.0 Å². The molecule has 1 heterocycles. The Morgan fingerprint density at radius 3 is 2.42 bits per heavy atom. The number of hydrogen-bond acceptors (Lipinski definition) is 5. The van der Waals surface area contributed by atoms with E-state index in [-0.39, 0.29) is 10.8 Å². The average Bonchev–Trinajstić information content (AvgIpc) is 2.75. The molecule has 9 heteroatoms. The van der Waals surface area contributed by atoms with Gasteiger partial charge in [-0.1, -0.05) is 23.7 Å². The van der Waals surface area contributed by atoms with Crippen molar-refractivity contribution in [1.82, 2.24) is 9.62 Å². The van der Waals surface area contributed by atoms with Crippen molar-refractivity contribution in [2.24, 2.45) is 0 Å². The molecule has 0 bridgehead atoms. The number of nitrogens with one attached hydrogen (secondary N) is 1. The molecular weight excluding hydrogens is 438 g/mol. The predicted octanol–water partition coefficient (Wildman–Crippen LogP) is 2.84. The standard InChI is InChI=1S/C22H28ClN3O4S/c1-16-5-7-19(15-20(16)22(27)24-8-13-30-3)31(28,29)26-11-9-25(10-12-26)21-14-18(23)6-4-17(21)2/h4-7,14-15H,8-13H2,1-3H3,(H,24,27). The maximum atomic E-state index is 13.2. The Balaban J connectivity index is 1.74. The van der Waals surface area contributed by atoms with E-state index in [0.717, 1.165) is 16.8 Å². The number of hydrogen-bond donors (Lipinski definition) is 1. The Hall–Kier alpha value is -2.13. The number of rotatable bonds is 7. The molecule has 0 atom stereocenters. The maximum absolute atomic E-state index is 13.2. The Labute approximate surface area is 189 Å². The molecule has 1 amide bonds. The molecule has 1 fully saturated rings. The number of carbonyl (C=O) groups excluding carboxylic acids is 1. The number of carbonyl (C=O) groups is 1. The van der Waals surface area contributed by atoms with Gasteiger partial charge in [0.2, 0.25) is 10.0 Å². The van der Waals surface area contributed by atoms with E-state index in [9.17, 15) is 13.2 Å². The van der Waals surface area contributed by atoms with Crippen molar-refractivity contribution >= 4 is 33.2 Å². The molecule has 0 aliphatic carbocycles. The van der Waals surface area contributed by atoms with Crippen LogP contribution in [0.3, 0.4) is 0 Å². The zero-order valence-corrected chi connectivity index (χ0v) is 19.6. The number of anilines is 1. The number of nitrogens with zero attached hydrogens (tertiary/aromatic N) is 2. The number of halogens is 1. The van der Waals surface area contributed by atoms with E-state index in [4.69, 9.17) is 16.3 Å². The summed E-state index contributed by atoms with van der Waals surface area (Å²) in [7, 11) is -2.15. The Morgan fingerprint density at radius 2 is 1.74 bits per heavy atom. The molecule has 1 aliphatic rings. The topological polar surface area (TPSA) is 78.9 Å². The van der Waals surface area contributed by atoms with Crippen LogP contribution in [0.4, 0.5) is 5.69 Å². The fourth-order valence-electron chi connectivity index (χ4n) is 3.61. The van der Waals surface area contributed by atoms with Crippen molar-refractivity contribution < 1.29 is 17.9 Å². The van der Waals surface area contributed by atoms with Crippen molar-refractivity contribution in [3.63, 3.8) is 0 Å². The lowest BCUT2D eigenvalue weighted by atomic mass is 10.1. The van der Waals surface area contributed by atoms with Gasteiger partial charge in [-0.2, -0.15) is 4.31 Å². The highest BCUT2D eigenvalue weighted by molar-refractivity contribution is 7.89. The van der Waals surface area contributed by atoms with Gasteiger partial charge in [-0.15, -0.1) is 0 Å². The molecular formula is C22H28ClN3O4S. The summed E-state index contributed by atoms with van der Waals surface area (Å²) in [4.78, 5) is 14.7. The second-order valence-corrected chi connectivity index (χ2v) is 9.92. The second-order valence-electron chi connectivity index (χ2n) is 7.55. The van der Waals surface area contributed by atoms with Crippen LogP contribution in [0.25, 0.3) is 0 Å². The lowest BCUT2D eigenvalue weighted by Gasteiger charge is -2.36. The van der Waals surface area contributed by atoms with Crippen LogP contribution in [0.15, 0.2) is 41.3 Å². The Bertz CT molecular complexity index is 1050. The highest BCUT2D eigenvalue weighted by atomic mass is 35.5. The van der Waals surface area contributed by atoms with Gasteiger partial charge in [0.25, 0.3) is 5.91 Å². The number of sulfonamides is 1. The maximum Gasteiger partial charge on any atom is 0.251 e. The summed E-state index contributed by atoms with van der Waals surface area (Å²) in [6, 6.07) is 10.4. The molecule has 0 aromatic heterocycles. The average molecular weight is 466 g/mol. The van der Waals surface area contributed by atoms with Gasteiger partial charge in [0, 0.05) is 56.1 Å². The first-order valence-corrected chi connectivity index (χ1v) is 11.9. The summed E-state index contributed by atoms with van der Waals surface area (Å²) in [6.07, 6.45) is 0. The molecule has 1 aliphatic heterocycles. The van der Waals surface area contributed by atoms with Gasteiger partial charge in [0.05, 0.1) is 11.5 Å². The second kappa shape index (κ2) is 9.99. The normalized spacial score (nSPS) is 15.2. The number of piperazine rings is 1. The molecule has 31 heavy (non-hydrogen) atoms. The SMILES string of the molecule is COCCNC(=O)c1cc(S(=O)(=O)N2CCN(c3cc(Cl)ccc3C)CC2)ccc1C. The van der Waals surface area contributed by atoms with Gasteiger partial charge in [-0.25, -0.2) is 8.42 Å². The molecule has 168 valence electrons. The van der Waals surface area contributed by atoms with Crippen LogP contribution >= 0.6 is 11.6 Å². The predicted molar refractivity (Wildman–Crippen MR) is 123 cm³/mol. The molecule has 0 unspecified atom stereocenters. The van der Waals surface area contributed by atoms with Crippen LogP contribution in [0.1, 0.15) is 21.5 Å². The third kappa shape index (κ3) is 5.38. The van der Waals surface area contributed by atoms with Gasteiger partial charge in [0.1, 0.15) is 0 Å². The number of ether oxygens (including phenoxy) is 1. The van der Waals surface area contributed by atoms with Crippen LogP contribution in [-0.4, -0.2) is 65.1 Å². The Kier molecular flexibility index (Phi) is 7.59. The van der Waals surface area contributed by atoms with Crippen LogP contribution < -0.4 is 10.2 Å². The van der Waals surface area contributed by atoms with Gasteiger partial charge in [-0.05, 0) is 49.2 Å². The zero-order chi connectivity index (χ0) is 22.6. The largest absolute Gasteiger partial charge is 0.383 e. The third-order valence-electron chi connectivity index (χ3n) is 5.43. The van der Waals surface area contributed by atoms with E-state index in [1.807, 2.05) is 25.1 Å². The fraction of sp³-hybridized carbons (Fsp3) is 0.409. The van der Waals surface area contributed by atoms with E-state index in [1.165, 1.54) is 10.4 Å². The minimum atomic E-state index is -3.71. The minimum Gasteiger partial charge on any atom is -0.383 e. The van der Waals surface area contributed by atoms with Gasteiger partial charge in [-0.3, -0.25) is 4.79 Å². The van der Waals surface area contributed by atoms with Crippen LogP contribution in [0.2, 0.25) is 5.02 Å². The van der Waals surface area contributed by atoms with Crippen LogP contribution in [0.5, 0.6) is 0 Å². The van der Waals surface area contributed by atoms with Crippen LogP contribution in [-0.2, 0) is 14.8 Å². The van der Waals surface area contributed by atoms with E-state index in [1.54, 1.807) is 26.2 Å². The zero-order valence-electron chi connectivity index (χ0n) is 18.0. The van der Waals surface area contributed by atoms with Crippen molar-refractivity contribution in [3.05, 3.63) is 58.1 Å². The molecule has 0 saturated carbocycles. The number of amides is 1. The molecule has 0 spiro atoms. The van der Waals surface area contributed by atoms with E-state index in [0.29, 0.717) is 49.9 Å². The summed E-state index contributed by atoms with van der Waals surface area (Å²) in [6.45, 7) is 6.39. The van der Waals surface area contributed by atoms with E-state index >= 15 is 0 Å². The number of aryl methyl sites for hydroxylation is 2. The van der Waals surface area contributed by atoms with Crippen molar-refractivity contribution in [2.45, 2.75) is 18.7 Å². The van der Waals surface area contributed by atoms with E-state index in [2.05, 4.69) is 10.2 Å². The first-order chi connectivity index (χ1) is 14.7. The molecule has 2 aromatic rings. The third-order valence-corrected chi connectivity index (χ3v) is 7.56. The molecule has 1 saturated heterocycles. The first kappa shape index (κ1) is 23.5. The highest BCUT2D eigenvalue weighted by Crippen LogP contribution is 2.27. The molecule has 0 radical (unpaired) electrons. The number of methoxy groups -OCH3 is 1. The summed E-state index contributed by atoms with van der Waals surface area (Å²) < 4.78 is 32.9. The monoisotopic (exact) mass is 465 g/mol. The molecule has 7 nitrogen and oxygen atoms in total. The summed E-state index contributed by atoms with van der Waals surface area (Å²) in [5.74, 6) is -0.312. The van der Waals surface area contributed by atoms with Crippen molar-refractivity contribution in [2.75, 3.05) is 51.3 Å². The van der Waals surface area contributed by atoms with Crippen molar-refractivity contribution in [3.8, 4) is 0 Å². The van der Waals surface area contributed by atoms with Gasteiger partial charge in [0.15, 0.2) is 0 Å². The lowest BCUT2D eigenvalue weighted by molar-refractivity contribution is 0.0936. The molecule has 2 aromatic carbocycles. The summed E-state index contributed by atoms with van der Waals surface area (Å²) in [5.41, 5.74) is 3.19. The number of benzene rings is 2. The summed E-state index contributed by atoms with van der Waals surface area (Å²) >= 11 is 6.14. The van der Waals surface area contributed by atoms with Crippen molar-refractivity contribution in [1.29, 1.82) is 0 Å². The van der Waals surface area contributed by atoms with Crippen LogP contribution in [0, 0.1) is 13.8 Å². The summed E-state index contributed by atoms with van der Waals surface area (Å²) in [5, 5.41) is 3.40. The minimum absolute atomic E-state index is 0.127.